The predicted molar refractivity (Wildman–Crippen MR) is 79.4 cm³/mol. The van der Waals surface area contributed by atoms with Crippen LogP contribution in [0.3, 0.4) is 0 Å². The van der Waals surface area contributed by atoms with Crippen LogP contribution in [-0.4, -0.2) is 43.2 Å². The van der Waals surface area contributed by atoms with Gasteiger partial charge in [-0.15, -0.1) is 3.63 Å². The van der Waals surface area contributed by atoms with Crippen molar-refractivity contribution in [1.29, 1.82) is 0 Å². The van der Waals surface area contributed by atoms with Gasteiger partial charge in [0.15, 0.2) is 0 Å². The maximum absolute atomic E-state index is 11.6. The van der Waals surface area contributed by atoms with Gasteiger partial charge >= 0.3 is 10.4 Å². The zero-order valence-electron chi connectivity index (χ0n) is 12.1. The first-order valence-corrected chi connectivity index (χ1v) is 11.3. The van der Waals surface area contributed by atoms with Crippen molar-refractivity contribution >= 4 is 31.6 Å². The first-order chi connectivity index (χ1) is 10.2. The van der Waals surface area contributed by atoms with Crippen LogP contribution in [0, 0.1) is 0 Å². The topological polar surface area (TPSA) is 127 Å². The van der Waals surface area contributed by atoms with Crippen molar-refractivity contribution in [3.63, 3.8) is 0 Å². The molecule has 1 unspecified atom stereocenters. The molecule has 132 valence electrons. The van der Waals surface area contributed by atoms with Gasteiger partial charge in [-0.25, -0.2) is 4.18 Å². The Morgan fingerprint density at radius 1 is 1.00 bits per heavy atom. The Hall–Kier alpha value is -0.0700. The molecule has 0 heterocycles. The van der Waals surface area contributed by atoms with Crippen molar-refractivity contribution in [2.45, 2.75) is 57.5 Å². The molecule has 0 aliphatic heterocycles. The van der Waals surface area contributed by atoms with E-state index in [1.54, 1.807) is 0 Å². The summed E-state index contributed by atoms with van der Waals surface area (Å²) < 4.78 is 75.9. The van der Waals surface area contributed by atoms with Gasteiger partial charge in [-0.2, -0.15) is 16.8 Å². The van der Waals surface area contributed by atoms with E-state index in [2.05, 4.69) is 3.63 Å². The van der Waals surface area contributed by atoms with E-state index in [4.69, 9.17) is 4.18 Å². The summed E-state index contributed by atoms with van der Waals surface area (Å²) in [5.41, 5.74) is 0. The number of rotatable bonds is 10. The van der Waals surface area contributed by atoms with E-state index < -0.39 is 43.5 Å². The Morgan fingerprint density at radius 2 is 1.64 bits per heavy atom. The molecule has 1 aliphatic carbocycles. The molecule has 0 bridgehead atoms. The minimum Gasteiger partial charge on any atom is -0.772 e. The van der Waals surface area contributed by atoms with E-state index in [-0.39, 0.29) is 12.2 Å². The second-order valence-electron chi connectivity index (χ2n) is 5.16. The normalized spacial score (nSPS) is 19.1. The molecule has 1 aliphatic rings. The van der Waals surface area contributed by atoms with E-state index in [0.29, 0.717) is 25.7 Å². The maximum Gasteiger partial charge on any atom is 0.414 e. The van der Waals surface area contributed by atoms with Crippen molar-refractivity contribution in [2.24, 2.45) is 0 Å². The molecular formula is C11H21O8S3-. The Bertz CT molecular complexity index is 548. The lowest BCUT2D eigenvalue weighted by molar-refractivity contribution is 0.145. The van der Waals surface area contributed by atoms with E-state index in [1.165, 1.54) is 0 Å². The summed E-state index contributed by atoms with van der Waals surface area (Å²) in [5, 5.41) is 0. The van der Waals surface area contributed by atoms with Gasteiger partial charge in [-0.05, 0) is 25.7 Å². The Labute approximate surface area is 134 Å². The van der Waals surface area contributed by atoms with E-state index >= 15 is 0 Å². The van der Waals surface area contributed by atoms with E-state index in [1.807, 2.05) is 0 Å². The molecule has 0 aromatic heterocycles. The summed E-state index contributed by atoms with van der Waals surface area (Å²) in [4.78, 5) is 0. The van der Waals surface area contributed by atoms with Crippen molar-refractivity contribution in [1.82, 2.24) is 0 Å². The minimum atomic E-state index is -4.58. The highest BCUT2D eigenvalue weighted by atomic mass is 32.3. The fourth-order valence-electron chi connectivity index (χ4n) is 2.18. The van der Waals surface area contributed by atoms with Gasteiger partial charge in [0, 0.05) is 5.75 Å². The molecular weight excluding hydrogens is 356 g/mol. The van der Waals surface area contributed by atoms with Crippen molar-refractivity contribution in [2.75, 3.05) is 11.5 Å². The molecule has 1 atom stereocenters. The quantitative estimate of drug-likeness (QED) is 0.407. The Morgan fingerprint density at radius 3 is 2.23 bits per heavy atom. The van der Waals surface area contributed by atoms with Gasteiger partial charge in [0.05, 0.1) is 11.9 Å². The molecule has 0 amide bonds. The molecule has 0 aromatic rings. The zero-order valence-corrected chi connectivity index (χ0v) is 14.6. The van der Waals surface area contributed by atoms with Crippen LogP contribution in [0.2, 0.25) is 0 Å². The summed E-state index contributed by atoms with van der Waals surface area (Å²) in [5.74, 6) is -0.546. The number of hydrogen-bond acceptors (Lipinski definition) is 8. The summed E-state index contributed by atoms with van der Waals surface area (Å²) >= 11 is -2.16. The first-order valence-electron chi connectivity index (χ1n) is 7.13. The van der Waals surface area contributed by atoms with Gasteiger partial charge in [0.2, 0.25) is 0 Å². The number of hydrogen-bond donors (Lipinski definition) is 0. The third kappa shape index (κ3) is 9.16. The first kappa shape index (κ1) is 20.0. The lowest BCUT2D eigenvalue weighted by Gasteiger charge is -2.20. The lowest BCUT2D eigenvalue weighted by Crippen LogP contribution is -2.25. The molecule has 0 aromatic carbocycles. The van der Waals surface area contributed by atoms with Gasteiger partial charge in [-0.1, -0.05) is 36.8 Å². The summed E-state index contributed by atoms with van der Waals surface area (Å²) in [6.45, 7) is 0. The molecule has 1 saturated carbocycles. The third-order valence-corrected chi connectivity index (χ3v) is 6.61. The third-order valence-electron chi connectivity index (χ3n) is 3.20. The second-order valence-corrected chi connectivity index (χ2v) is 9.26. The van der Waals surface area contributed by atoms with E-state index in [0.717, 1.165) is 19.3 Å². The van der Waals surface area contributed by atoms with E-state index in [9.17, 15) is 25.6 Å². The fraction of sp³-hybridized carbons (Fsp3) is 1.00. The lowest BCUT2D eigenvalue weighted by atomic mass is 9.98. The SMILES string of the molecule is O=S([O-])CCCCCS(=O)(=O)OS(=O)(=O)OC1CCCCC1. The van der Waals surface area contributed by atoms with Crippen LogP contribution >= 0.6 is 0 Å². The van der Waals surface area contributed by atoms with Gasteiger partial charge in [0.1, 0.15) is 0 Å². The summed E-state index contributed by atoms with van der Waals surface area (Å²) in [7, 11) is -8.84. The highest BCUT2D eigenvalue weighted by molar-refractivity contribution is 7.97. The predicted octanol–water partition coefficient (Wildman–Crippen LogP) is 0.976. The molecule has 1 rings (SSSR count). The summed E-state index contributed by atoms with van der Waals surface area (Å²) in [6, 6.07) is 0. The largest absolute Gasteiger partial charge is 0.772 e. The molecule has 8 nitrogen and oxygen atoms in total. The maximum atomic E-state index is 11.6. The van der Waals surface area contributed by atoms with Crippen molar-refractivity contribution < 1.29 is 33.4 Å². The standard InChI is InChI=1S/C11H22O8S3/c12-20(13)9-5-2-6-10-21(14,15)19-22(16,17)18-11-7-3-1-4-8-11/h11H,1-10H2,(H,12,13)/p-1. The highest BCUT2D eigenvalue weighted by Crippen LogP contribution is 2.23. The smallest absolute Gasteiger partial charge is 0.414 e. The van der Waals surface area contributed by atoms with Crippen LogP contribution in [0.5, 0.6) is 0 Å². The molecule has 1 fully saturated rings. The molecule has 0 radical (unpaired) electrons. The van der Waals surface area contributed by atoms with Gasteiger partial charge in [-0.3, -0.25) is 4.21 Å². The van der Waals surface area contributed by atoms with Crippen LogP contribution in [0.1, 0.15) is 51.4 Å². The average molecular weight is 377 g/mol. The molecule has 22 heavy (non-hydrogen) atoms. The van der Waals surface area contributed by atoms with Crippen LogP contribution in [0.4, 0.5) is 0 Å². The summed E-state index contributed by atoms with van der Waals surface area (Å²) in [6.07, 6.45) is 4.08. The molecule has 0 spiro atoms. The van der Waals surface area contributed by atoms with Crippen LogP contribution in [0.15, 0.2) is 0 Å². The van der Waals surface area contributed by atoms with Crippen LogP contribution < -0.4 is 0 Å². The monoisotopic (exact) mass is 377 g/mol. The van der Waals surface area contributed by atoms with Crippen LogP contribution in [0.25, 0.3) is 0 Å². The number of unbranched alkanes of at least 4 members (excludes halogenated alkanes) is 2. The zero-order chi connectivity index (χ0) is 16.6. The van der Waals surface area contributed by atoms with Gasteiger partial charge < -0.3 is 4.55 Å². The second kappa shape index (κ2) is 9.28. The molecule has 0 saturated heterocycles. The highest BCUT2D eigenvalue weighted by Gasteiger charge is 2.28. The molecule has 11 heteroatoms. The Kier molecular flexibility index (Phi) is 8.43. The average Bonchev–Trinajstić information content (AvgIpc) is 2.36. The Balaban J connectivity index is 2.36. The van der Waals surface area contributed by atoms with Crippen molar-refractivity contribution in [3.8, 4) is 0 Å². The van der Waals surface area contributed by atoms with Crippen LogP contribution in [-0.2, 0) is 39.4 Å². The minimum absolute atomic E-state index is 0.0516. The van der Waals surface area contributed by atoms with Crippen molar-refractivity contribution in [3.05, 3.63) is 0 Å². The molecule has 0 N–H and O–H groups in total. The van der Waals surface area contributed by atoms with Gasteiger partial charge in [0.25, 0.3) is 10.1 Å². The fourth-order valence-corrected chi connectivity index (χ4v) is 5.12.